The molecule has 0 rings (SSSR count). The Hall–Kier alpha value is -1.43. The smallest absolute Gasteiger partial charge is 0.348 e. The number of hydrogen-bond donors (Lipinski definition) is 4. The molecule has 14 heavy (non-hydrogen) atoms. The van der Waals surface area contributed by atoms with E-state index in [1.807, 2.05) is 0 Å². The van der Waals surface area contributed by atoms with E-state index in [2.05, 4.69) is 13.2 Å². The van der Waals surface area contributed by atoms with Crippen LogP contribution in [0.4, 0.5) is 0 Å². The second-order valence-electron chi connectivity index (χ2n) is 1.86. The number of carboxylic acids is 2. The molecule has 0 aliphatic carbocycles. The van der Waals surface area contributed by atoms with Crippen LogP contribution in [0.1, 0.15) is 0 Å². The van der Waals surface area contributed by atoms with E-state index in [1.165, 1.54) is 0 Å². The lowest BCUT2D eigenvalue weighted by Crippen LogP contribution is -2.08. The molecule has 0 saturated carbocycles. The van der Waals surface area contributed by atoms with Gasteiger partial charge in [0.1, 0.15) is 5.57 Å². The number of hydrogen-bond acceptors (Lipinski definition) is 3. The van der Waals surface area contributed by atoms with Gasteiger partial charge in [0.15, 0.2) is 0 Å². The van der Waals surface area contributed by atoms with Crippen molar-refractivity contribution in [2.24, 2.45) is 0 Å². The molecular formula is C6H9O7P. The molecule has 0 aromatic carbocycles. The summed E-state index contributed by atoms with van der Waals surface area (Å²) < 4.78 is 9.58. The van der Waals surface area contributed by atoms with Crippen molar-refractivity contribution < 1.29 is 34.2 Å². The van der Waals surface area contributed by atoms with Crippen molar-refractivity contribution in [3.8, 4) is 0 Å². The van der Waals surface area contributed by atoms with Gasteiger partial charge >= 0.3 is 19.5 Å². The quantitative estimate of drug-likeness (QED) is 0.230. The summed E-state index contributed by atoms with van der Waals surface area (Å²) in [5, 5.41) is 15.7. The predicted molar refractivity (Wildman–Crippen MR) is 46.7 cm³/mol. The molecule has 0 saturated heterocycles. The lowest BCUT2D eigenvalue weighted by Gasteiger charge is -1.87. The Labute approximate surface area is 79.2 Å². The van der Waals surface area contributed by atoms with Gasteiger partial charge < -0.3 is 20.0 Å². The zero-order chi connectivity index (χ0) is 11.9. The SMILES string of the molecule is C=C(C(=O)O)C(=O)O.C=CP(=O)(O)O. The standard InChI is InChI=1S/C4H4O4.C2H5O3P/c1-2(3(5)6)4(7)8;1-2-6(3,4)5/h1H2,(H,5,6)(H,7,8);2H,1H2,(H2,3,4,5). The van der Waals surface area contributed by atoms with E-state index in [0.29, 0.717) is 5.82 Å². The van der Waals surface area contributed by atoms with E-state index < -0.39 is 25.1 Å². The first-order chi connectivity index (χ1) is 6.11. The Balaban J connectivity index is 0. The normalized spacial score (nSPS) is 9.29. The Morgan fingerprint density at radius 2 is 1.36 bits per heavy atom. The number of carboxylic acid groups (broad SMARTS) is 2. The molecule has 0 aromatic heterocycles. The van der Waals surface area contributed by atoms with Crippen molar-refractivity contribution in [1.82, 2.24) is 0 Å². The minimum atomic E-state index is -3.88. The van der Waals surface area contributed by atoms with Gasteiger partial charge in [0.05, 0.1) is 0 Å². The van der Waals surface area contributed by atoms with Gasteiger partial charge in [0.2, 0.25) is 0 Å². The van der Waals surface area contributed by atoms with Crippen molar-refractivity contribution in [3.05, 3.63) is 24.5 Å². The third-order valence-corrected chi connectivity index (χ3v) is 1.23. The number of rotatable bonds is 3. The summed E-state index contributed by atoms with van der Waals surface area (Å²) in [6.45, 7) is 5.62. The van der Waals surface area contributed by atoms with Gasteiger partial charge in [-0.1, -0.05) is 13.2 Å². The Morgan fingerprint density at radius 1 is 1.14 bits per heavy atom. The van der Waals surface area contributed by atoms with Gasteiger partial charge in [0, 0.05) is 5.82 Å². The summed E-state index contributed by atoms with van der Waals surface area (Å²) >= 11 is 0. The minimum Gasteiger partial charge on any atom is -0.477 e. The molecule has 0 aliphatic heterocycles. The van der Waals surface area contributed by atoms with Crippen molar-refractivity contribution in [3.63, 3.8) is 0 Å². The van der Waals surface area contributed by atoms with E-state index in [1.54, 1.807) is 0 Å². The van der Waals surface area contributed by atoms with Crippen molar-refractivity contribution in [2.75, 3.05) is 0 Å². The summed E-state index contributed by atoms with van der Waals surface area (Å²) in [5.41, 5.74) is -0.815. The van der Waals surface area contributed by atoms with Gasteiger partial charge in [-0.3, -0.25) is 4.57 Å². The highest BCUT2D eigenvalue weighted by atomic mass is 31.2. The Bertz CT molecular complexity index is 283. The Kier molecular flexibility index (Phi) is 6.55. The summed E-state index contributed by atoms with van der Waals surface area (Å²) in [5.74, 6) is -2.40. The van der Waals surface area contributed by atoms with Crippen LogP contribution in [0.3, 0.4) is 0 Å². The maximum Gasteiger partial charge on any atom is 0.348 e. The van der Waals surface area contributed by atoms with Crippen LogP contribution in [0.15, 0.2) is 24.5 Å². The molecule has 0 aromatic rings. The molecule has 7 nitrogen and oxygen atoms in total. The molecular weight excluding hydrogens is 215 g/mol. The first-order valence-electron chi connectivity index (χ1n) is 2.96. The van der Waals surface area contributed by atoms with Crippen molar-refractivity contribution >= 4 is 19.5 Å². The monoisotopic (exact) mass is 224 g/mol. The van der Waals surface area contributed by atoms with Crippen LogP contribution in [0.5, 0.6) is 0 Å². The second-order valence-corrected chi connectivity index (χ2v) is 3.40. The highest BCUT2D eigenvalue weighted by Crippen LogP contribution is 2.34. The molecule has 0 fully saturated rings. The van der Waals surface area contributed by atoms with Gasteiger partial charge in [-0.05, 0) is 0 Å². The lowest BCUT2D eigenvalue weighted by molar-refractivity contribution is -0.140. The predicted octanol–water partition coefficient (Wildman–Crippen LogP) is 0.0194. The zero-order valence-corrected chi connectivity index (χ0v) is 7.85. The van der Waals surface area contributed by atoms with Crippen LogP contribution in [0, 0.1) is 0 Å². The van der Waals surface area contributed by atoms with Crippen LogP contribution in [0.2, 0.25) is 0 Å². The summed E-state index contributed by atoms with van der Waals surface area (Å²) in [4.78, 5) is 35.0. The molecule has 0 bridgehead atoms. The fraction of sp³-hybridized carbons (Fsp3) is 0. The summed E-state index contributed by atoms with van der Waals surface area (Å²) in [7, 11) is -3.88. The average Bonchev–Trinajstić information content (AvgIpc) is 2.02. The molecule has 0 spiro atoms. The van der Waals surface area contributed by atoms with Crippen LogP contribution in [0.25, 0.3) is 0 Å². The van der Waals surface area contributed by atoms with E-state index in [4.69, 9.17) is 20.0 Å². The Morgan fingerprint density at radius 3 is 1.36 bits per heavy atom. The van der Waals surface area contributed by atoms with Crippen LogP contribution < -0.4 is 0 Å². The number of aliphatic carboxylic acids is 2. The molecule has 0 atom stereocenters. The average molecular weight is 224 g/mol. The van der Waals surface area contributed by atoms with E-state index >= 15 is 0 Å². The van der Waals surface area contributed by atoms with Gasteiger partial charge in [-0.2, -0.15) is 0 Å². The molecule has 8 heteroatoms. The molecule has 4 N–H and O–H groups in total. The molecule has 0 aliphatic rings. The molecule has 0 amide bonds. The summed E-state index contributed by atoms with van der Waals surface area (Å²) in [6, 6.07) is 0. The maximum absolute atomic E-state index is 9.66. The largest absolute Gasteiger partial charge is 0.477 e. The van der Waals surface area contributed by atoms with E-state index in [0.717, 1.165) is 0 Å². The zero-order valence-electron chi connectivity index (χ0n) is 6.95. The van der Waals surface area contributed by atoms with Gasteiger partial charge in [-0.15, -0.1) is 0 Å². The first-order valence-corrected chi connectivity index (χ1v) is 4.64. The van der Waals surface area contributed by atoms with Crippen LogP contribution >= 0.6 is 7.60 Å². The fourth-order valence-electron chi connectivity index (χ4n) is 0.0915. The van der Waals surface area contributed by atoms with Crippen molar-refractivity contribution in [1.29, 1.82) is 0 Å². The minimum absolute atomic E-state index is 0.604. The fourth-order valence-corrected chi connectivity index (χ4v) is 0.0915. The van der Waals surface area contributed by atoms with Gasteiger partial charge in [-0.25, -0.2) is 9.59 Å². The molecule has 0 heterocycles. The van der Waals surface area contributed by atoms with E-state index in [9.17, 15) is 14.2 Å². The first kappa shape index (κ1) is 15.1. The van der Waals surface area contributed by atoms with Gasteiger partial charge in [0.25, 0.3) is 0 Å². The molecule has 0 radical (unpaired) electrons. The van der Waals surface area contributed by atoms with Crippen LogP contribution in [-0.4, -0.2) is 31.9 Å². The number of carbonyl (C=O) groups is 2. The maximum atomic E-state index is 9.66. The highest BCUT2D eigenvalue weighted by Gasteiger charge is 2.10. The van der Waals surface area contributed by atoms with E-state index in [-0.39, 0.29) is 0 Å². The second kappa shape index (κ2) is 6.09. The highest BCUT2D eigenvalue weighted by molar-refractivity contribution is 7.55. The third kappa shape index (κ3) is 10.6. The molecule has 80 valence electrons. The molecule has 0 unspecified atom stereocenters. The topological polar surface area (TPSA) is 132 Å². The van der Waals surface area contributed by atoms with Crippen LogP contribution in [-0.2, 0) is 14.2 Å². The van der Waals surface area contributed by atoms with Crippen molar-refractivity contribution in [2.45, 2.75) is 0 Å². The summed E-state index contributed by atoms with van der Waals surface area (Å²) in [6.07, 6.45) is 0. The third-order valence-electron chi connectivity index (χ3n) is 0.754. The lowest BCUT2D eigenvalue weighted by atomic mass is 10.3.